The van der Waals surface area contributed by atoms with E-state index in [0.717, 1.165) is 71.8 Å². The summed E-state index contributed by atoms with van der Waals surface area (Å²) in [6.45, 7) is 0. The Morgan fingerprint density at radius 3 is 1.29 bits per heavy atom. The van der Waals surface area contributed by atoms with Crippen molar-refractivity contribution in [1.82, 2.24) is 13.7 Å². The average molecular weight is 714 g/mol. The molecule has 0 aliphatic carbocycles. The van der Waals surface area contributed by atoms with Gasteiger partial charge in [0.25, 0.3) is 0 Å². The lowest BCUT2D eigenvalue weighted by Gasteiger charge is -2.10. The van der Waals surface area contributed by atoms with E-state index in [2.05, 4.69) is 147 Å². The number of hydrogen-bond donors (Lipinski definition) is 0. The van der Waals surface area contributed by atoms with Crippen molar-refractivity contribution in [2.24, 2.45) is 0 Å². The number of fused-ring (bicyclic) bond motifs is 13. The van der Waals surface area contributed by atoms with Crippen LogP contribution in [0.15, 0.2) is 168 Å². The fourth-order valence-corrected chi connectivity index (χ4v) is 9.12. The third kappa shape index (κ3) is 4.07. The topological polar surface area (TPSA) is 75.5 Å². The van der Waals surface area contributed by atoms with Gasteiger partial charge in [-0.1, -0.05) is 54.6 Å². The van der Waals surface area contributed by atoms with Gasteiger partial charge in [-0.25, -0.2) is 0 Å². The van der Waals surface area contributed by atoms with Gasteiger partial charge >= 0.3 is 0 Å². The fraction of sp³-hybridized carbons (Fsp3) is 0. The number of nitriles is 2. The van der Waals surface area contributed by atoms with E-state index in [0.29, 0.717) is 11.1 Å². The molecule has 0 aliphatic rings. The van der Waals surface area contributed by atoms with Crippen LogP contribution in [0.2, 0.25) is 0 Å². The van der Waals surface area contributed by atoms with E-state index in [-0.39, 0.29) is 0 Å². The van der Waals surface area contributed by atoms with Gasteiger partial charge in [-0.15, -0.1) is 0 Å². The first-order valence-electron chi connectivity index (χ1n) is 18.5. The molecule has 0 fully saturated rings. The molecule has 12 aromatic rings. The zero-order valence-electron chi connectivity index (χ0n) is 29.7. The number of para-hydroxylation sites is 3. The highest BCUT2D eigenvalue weighted by molar-refractivity contribution is 6.29. The maximum Gasteiger partial charge on any atom is 0.135 e. The molecule has 0 saturated heterocycles. The van der Waals surface area contributed by atoms with Gasteiger partial charge in [-0.2, -0.15) is 10.5 Å². The highest BCUT2D eigenvalue weighted by Gasteiger charge is 2.21. The molecule has 0 unspecified atom stereocenters. The standard InChI is InChI=1S/C50H27N5O/c51-28-30-14-18-43-37(24-30)38-25-31(29-52)15-19-44(38)54(43)33-16-22-47-39(26-33)40-27-34(17-23-48(40)56-47)55-42-13-7-5-11-36(42)50-46(55)21-20-45-49(50)35-10-4-6-12-41(35)53(45)32-8-2-1-3-9-32/h1-27H. The molecule has 0 aliphatic heterocycles. The maximum absolute atomic E-state index is 9.71. The van der Waals surface area contributed by atoms with E-state index in [9.17, 15) is 10.5 Å². The number of furan rings is 1. The second-order valence-electron chi connectivity index (χ2n) is 14.4. The van der Waals surface area contributed by atoms with Crippen molar-refractivity contribution in [2.45, 2.75) is 0 Å². The number of benzene rings is 8. The summed E-state index contributed by atoms with van der Waals surface area (Å²) < 4.78 is 13.4. The molecule has 12 rings (SSSR count). The molecule has 0 radical (unpaired) electrons. The SMILES string of the molecule is N#Cc1ccc2c(c1)c1cc(C#N)ccc1n2-c1ccc2oc3ccc(-n4c5ccccc5c5c6c7ccccc7n(-c7ccccc7)c6ccc54)cc3c2c1. The van der Waals surface area contributed by atoms with Crippen LogP contribution in [-0.4, -0.2) is 13.7 Å². The highest BCUT2D eigenvalue weighted by atomic mass is 16.3. The predicted molar refractivity (Wildman–Crippen MR) is 226 cm³/mol. The molecule has 6 heteroatoms. The lowest BCUT2D eigenvalue weighted by atomic mass is 10.1. The van der Waals surface area contributed by atoms with E-state index < -0.39 is 0 Å². The molecular formula is C50H27N5O. The minimum Gasteiger partial charge on any atom is -0.456 e. The highest BCUT2D eigenvalue weighted by Crippen LogP contribution is 2.43. The third-order valence-corrected chi connectivity index (χ3v) is 11.5. The van der Waals surface area contributed by atoms with Crippen molar-refractivity contribution in [2.75, 3.05) is 0 Å². The molecular weight excluding hydrogens is 687 g/mol. The summed E-state index contributed by atoms with van der Waals surface area (Å²) in [6.07, 6.45) is 0. The van der Waals surface area contributed by atoms with Gasteiger partial charge in [0.2, 0.25) is 0 Å². The van der Waals surface area contributed by atoms with Crippen LogP contribution < -0.4 is 0 Å². The van der Waals surface area contributed by atoms with E-state index >= 15 is 0 Å². The Kier molecular flexibility index (Phi) is 6.10. The van der Waals surface area contributed by atoms with Gasteiger partial charge < -0.3 is 18.1 Å². The van der Waals surface area contributed by atoms with Gasteiger partial charge in [0, 0.05) is 60.2 Å². The molecule has 258 valence electrons. The van der Waals surface area contributed by atoms with Gasteiger partial charge in [0.1, 0.15) is 11.2 Å². The third-order valence-electron chi connectivity index (χ3n) is 11.5. The first kappa shape index (κ1) is 30.4. The van der Waals surface area contributed by atoms with Crippen LogP contribution in [0.25, 0.3) is 104 Å². The Bertz CT molecular complexity index is 3660. The molecule has 0 N–H and O–H groups in total. The van der Waals surface area contributed by atoms with E-state index in [1.807, 2.05) is 42.5 Å². The zero-order valence-corrected chi connectivity index (χ0v) is 29.7. The van der Waals surface area contributed by atoms with Crippen LogP contribution in [0.5, 0.6) is 0 Å². The minimum atomic E-state index is 0.579. The molecule has 0 saturated carbocycles. The molecule has 56 heavy (non-hydrogen) atoms. The van der Waals surface area contributed by atoms with Crippen LogP contribution in [0, 0.1) is 22.7 Å². The van der Waals surface area contributed by atoms with Crippen LogP contribution in [0.4, 0.5) is 0 Å². The first-order valence-corrected chi connectivity index (χ1v) is 18.5. The molecule has 4 heterocycles. The summed E-state index contributed by atoms with van der Waals surface area (Å²) in [7, 11) is 0. The zero-order chi connectivity index (χ0) is 37.1. The number of hydrogen-bond acceptors (Lipinski definition) is 3. The van der Waals surface area contributed by atoms with Gasteiger partial charge in [-0.3, -0.25) is 0 Å². The molecule has 0 spiro atoms. The lowest BCUT2D eigenvalue weighted by molar-refractivity contribution is 0.669. The summed E-state index contributed by atoms with van der Waals surface area (Å²) in [4.78, 5) is 0. The molecule has 8 aromatic carbocycles. The Hall–Kier alpha value is -8.06. The fourth-order valence-electron chi connectivity index (χ4n) is 9.12. The van der Waals surface area contributed by atoms with E-state index in [1.54, 1.807) is 0 Å². The second-order valence-corrected chi connectivity index (χ2v) is 14.4. The smallest absolute Gasteiger partial charge is 0.135 e. The number of rotatable bonds is 3. The Labute approximate surface area is 319 Å². The maximum atomic E-state index is 9.71. The van der Waals surface area contributed by atoms with Crippen LogP contribution in [0.3, 0.4) is 0 Å². The summed E-state index contributed by atoms with van der Waals surface area (Å²) in [6, 6.07) is 61.4. The average Bonchev–Trinajstić information content (AvgIpc) is 3.99. The predicted octanol–water partition coefficient (Wildman–Crippen LogP) is 12.6. The van der Waals surface area contributed by atoms with Crippen LogP contribution in [0.1, 0.15) is 11.1 Å². The van der Waals surface area contributed by atoms with Crippen LogP contribution >= 0.6 is 0 Å². The van der Waals surface area contributed by atoms with Crippen molar-refractivity contribution < 1.29 is 4.42 Å². The van der Waals surface area contributed by atoms with Crippen molar-refractivity contribution in [3.63, 3.8) is 0 Å². The van der Waals surface area contributed by atoms with E-state index in [4.69, 9.17) is 4.42 Å². The first-order chi connectivity index (χ1) is 27.7. The van der Waals surface area contributed by atoms with Gasteiger partial charge in [0.15, 0.2) is 0 Å². The quantitative estimate of drug-likeness (QED) is 0.183. The normalized spacial score (nSPS) is 11.9. The van der Waals surface area contributed by atoms with Crippen molar-refractivity contribution in [1.29, 1.82) is 10.5 Å². The largest absolute Gasteiger partial charge is 0.456 e. The summed E-state index contributed by atoms with van der Waals surface area (Å²) in [5.41, 5.74) is 12.5. The van der Waals surface area contributed by atoms with Gasteiger partial charge in [0.05, 0.1) is 56.4 Å². The molecule has 4 aromatic heterocycles. The van der Waals surface area contributed by atoms with Gasteiger partial charge in [-0.05, 0) is 109 Å². The summed E-state index contributed by atoms with van der Waals surface area (Å²) >= 11 is 0. The monoisotopic (exact) mass is 713 g/mol. The number of aromatic nitrogens is 3. The van der Waals surface area contributed by atoms with Crippen molar-refractivity contribution in [3.8, 4) is 29.2 Å². The van der Waals surface area contributed by atoms with Crippen molar-refractivity contribution in [3.05, 3.63) is 175 Å². The summed E-state index contributed by atoms with van der Waals surface area (Å²) in [5, 5.41) is 28.2. The summed E-state index contributed by atoms with van der Waals surface area (Å²) in [5.74, 6) is 0. The lowest BCUT2D eigenvalue weighted by Crippen LogP contribution is -1.95. The Balaban J connectivity index is 1.11. The minimum absolute atomic E-state index is 0.579. The molecule has 0 amide bonds. The Morgan fingerprint density at radius 2 is 0.768 bits per heavy atom. The van der Waals surface area contributed by atoms with E-state index in [1.165, 1.54) is 32.6 Å². The molecule has 6 nitrogen and oxygen atoms in total. The Morgan fingerprint density at radius 1 is 0.339 bits per heavy atom. The molecule has 0 bridgehead atoms. The molecule has 0 atom stereocenters. The van der Waals surface area contributed by atoms with Crippen LogP contribution in [-0.2, 0) is 0 Å². The number of nitrogens with zero attached hydrogens (tertiary/aromatic N) is 5. The second kappa shape index (κ2) is 11.2. The van der Waals surface area contributed by atoms with Crippen molar-refractivity contribution >= 4 is 87.4 Å².